The quantitative estimate of drug-likeness (QED) is 0.836. The smallest absolute Gasteiger partial charge is 0.0485 e. The molecule has 0 fully saturated rings. The molecule has 0 aliphatic carbocycles. The number of hydrogen-bond acceptors (Lipinski definition) is 3. The molecule has 2 aromatic rings. The first-order valence-corrected chi connectivity index (χ1v) is 7.53. The van der Waals surface area contributed by atoms with Gasteiger partial charge in [0.15, 0.2) is 0 Å². The molecule has 0 radical (unpaired) electrons. The van der Waals surface area contributed by atoms with Crippen molar-refractivity contribution in [1.82, 2.24) is 0 Å². The summed E-state index contributed by atoms with van der Waals surface area (Å²) < 4.78 is 0. The highest BCUT2D eigenvalue weighted by atomic mass is 35.5. The highest BCUT2D eigenvalue weighted by Crippen LogP contribution is 2.28. The molecule has 0 aliphatic heterocycles. The first-order chi connectivity index (χ1) is 8.15. The number of nitrogens with two attached hydrogens (primary N) is 1. The normalized spacial score (nSPS) is 12.6. The molecule has 0 aliphatic rings. The molecule has 1 unspecified atom stereocenters. The van der Waals surface area contributed by atoms with Crippen molar-refractivity contribution >= 4 is 34.7 Å². The Morgan fingerprint density at radius 2 is 2.18 bits per heavy atom. The molecule has 1 heterocycles. The van der Waals surface area contributed by atoms with Crippen molar-refractivity contribution in [2.75, 3.05) is 5.75 Å². The third-order valence-electron chi connectivity index (χ3n) is 2.35. The molecule has 2 rings (SSSR count). The van der Waals surface area contributed by atoms with Crippen molar-refractivity contribution in [3.05, 3.63) is 51.2 Å². The van der Waals surface area contributed by atoms with Crippen molar-refractivity contribution in [2.45, 2.75) is 17.9 Å². The summed E-state index contributed by atoms with van der Waals surface area (Å²) in [6.45, 7) is 2.10. The van der Waals surface area contributed by atoms with Crippen LogP contribution in [0.4, 0.5) is 0 Å². The molecule has 0 bridgehead atoms. The van der Waals surface area contributed by atoms with E-state index in [1.54, 1.807) is 23.1 Å². The SMILES string of the molecule is Cc1ccc(C(N)CSc2cccc(Cl)c2)s1. The van der Waals surface area contributed by atoms with Crippen LogP contribution < -0.4 is 5.73 Å². The van der Waals surface area contributed by atoms with E-state index in [0.29, 0.717) is 0 Å². The largest absolute Gasteiger partial charge is 0.323 e. The topological polar surface area (TPSA) is 26.0 Å². The van der Waals surface area contributed by atoms with Gasteiger partial charge in [-0.05, 0) is 37.3 Å². The van der Waals surface area contributed by atoms with Crippen LogP contribution in [0.1, 0.15) is 15.8 Å². The Hall–Kier alpha value is -0.480. The summed E-state index contributed by atoms with van der Waals surface area (Å²) in [6.07, 6.45) is 0. The van der Waals surface area contributed by atoms with Gasteiger partial charge in [0.2, 0.25) is 0 Å². The minimum absolute atomic E-state index is 0.0951. The number of thiophene rings is 1. The zero-order valence-electron chi connectivity index (χ0n) is 9.52. The molecule has 2 N–H and O–H groups in total. The van der Waals surface area contributed by atoms with Crippen LogP contribution in [-0.2, 0) is 0 Å². The van der Waals surface area contributed by atoms with E-state index in [1.165, 1.54) is 14.6 Å². The highest BCUT2D eigenvalue weighted by molar-refractivity contribution is 7.99. The predicted molar refractivity (Wildman–Crippen MR) is 78.2 cm³/mol. The van der Waals surface area contributed by atoms with E-state index < -0.39 is 0 Å². The van der Waals surface area contributed by atoms with Crippen LogP contribution in [0, 0.1) is 6.92 Å². The van der Waals surface area contributed by atoms with Crippen LogP contribution in [-0.4, -0.2) is 5.75 Å². The summed E-state index contributed by atoms with van der Waals surface area (Å²) in [4.78, 5) is 3.72. The van der Waals surface area contributed by atoms with E-state index in [2.05, 4.69) is 25.1 Å². The predicted octanol–water partition coefficient (Wildman–Crippen LogP) is 4.50. The van der Waals surface area contributed by atoms with E-state index in [-0.39, 0.29) is 6.04 Å². The summed E-state index contributed by atoms with van der Waals surface area (Å²) in [6, 6.07) is 12.2. The van der Waals surface area contributed by atoms with Gasteiger partial charge in [-0.15, -0.1) is 23.1 Å². The van der Waals surface area contributed by atoms with Crippen LogP contribution in [0.15, 0.2) is 41.3 Å². The molecule has 0 saturated carbocycles. The summed E-state index contributed by atoms with van der Waals surface area (Å²) in [5.74, 6) is 0.875. The Balaban J connectivity index is 1.94. The maximum Gasteiger partial charge on any atom is 0.0485 e. The first kappa shape index (κ1) is 13.0. The number of benzene rings is 1. The number of hydrogen-bond donors (Lipinski definition) is 1. The Morgan fingerprint density at radius 3 is 2.82 bits per heavy atom. The van der Waals surface area contributed by atoms with Crippen LogP contribution in [0.25, 0.3) is 0 Å². The van der Waals surface area contributed by atoms with Crippen LogP contribution in [0.3, 0.4) is 0 Å². The van der Waals surface area contributed by atoms with Crippen molar-refractivity contribution in [2.24, 2.45) is 5.73 Å². The number of rotatable bonds is 4. The molecule has 90 valence electrons. The van der Waals surface area contributed by atoms with Gasteiger partial charge in [-0.2, -0.15) is 0 Å². The Labute approximate surface area is 115 Å². The number of aryl methyl sites for hydroxylation is 1. The maximum absolute atomic E-state index is 6.15. The molecule has 17 heavy (non-hydrogen) atoms. The second kappa shape index (κ2) is 5.91. The average molecular weight is 284 g/mol. The summed E-state index contributed by atoms with van der Waals surface area (Å²) in [5.41, 5.74) is 6.15. The van der Waals surface area contributed by atoms with Gasteiger partial charge in [0.05, 0.1) is 0 Å². The second-order valence-corrected chi connectivity index (χ2v) is 6.67. The third-order valence-corrected chi connectivity index (χ3v) is 4.83. The minimum atomic E-state index is 0.0951. The molecule has 1 nitrogen and oxygen atoms in total. The van der Waals surface area contributed by atoms with Crippen molar-refractivity contribution in [3.63, 3.8) is 0 Å². The summed E-state index contributed by atoms with van der Waals surface area (Å²) in [5, 5.41) is 0.774. The Bertz CT molecular complexity index is 496. The van der Waals surface area contributed by atoms with Crippen LogP contribution >= 0.6 is 34.7 Å². The lowest BCUT2D eigenvalue weighted by Crippen LogP contribution is -2.11. The fraction of sp³-hybridized carbons (Fsp3) is 0.231. The van der Waals surface area contributed by atoms with E-state index in [4.69, 9.17) is 17.3 Å². The summed E-state index contributed by atoms with van der Waals surface area (Å²) in [7, 11) is 0. The lowest BCUT2D eigenvalue weighted by Gasteiger charge is -2.09. The number of thioether (sulfide) groups is 1. The second-order valence-electron chi connectivity index (χ2n) is 3.82. The van der Waals surface area contributed by atoms with Gasteiger partial charge >= 0.3 is 0 Å². The first-order valence-electron chi connectivity index (χ1n) is 5.35. The third kappa shape index (κ3) is 3.75. The molecular formula is C13H14ClNS2. The van der Waals surface area contributed by atoms with E-state index in [1.807, 2.05) is 18.2 Å². The van der Waals surface area contributed by atoms with E-state index in [9.17, 15) is 0 Å². The van der Waals surface area contributed by atoms with Gasteiger partial charge < -0.3 is 5.73 Å². The molecule has 0 saturated heterocycles. The number of halogens is 1. The lowest BCUT2D eigenvalue weighted by molar-refractivity contribution is 0.852. The average Bonchev–Trinajstić information content (AvgIpc) is 2.73. The summed E-state index contributed by atoms with van der Waals surface area (Å²) >= 11 is 9.45. The van der Waals surface area contributed by atoms with Crippen molar-refractivity contribution in [1.29, 1.82) is 0 Å². The van der Waals surface area contributed by atoms with Crippen LogP contribution in [0.5, 0.6) is 0 Å². The molecule has 1 atom stereocenters. The fourth-order valence-electron chi connectivity index (χ4n) is 1.48. The van der Waals surface area contributed by atoms with Gasteiger partial charge in [-0.25, -0.2) is 0 Å². The fourth-order valence-corrected chi connectivity index (χ4v) is 3.65. The minimum Gasteiger partial charge on any atom is -0.323 e. The Morgan fingerprint density at radius 1 is 1.35 bits per heavy atom. The standard InChI is InChI=1S/C13H14ClNS2/c1-9-5-6-13(17-9)12(15)8-16-11-4-2-3-10(14)7-11/h2-7,12H,8,15H2,1H3. The lowest BCUT2D eigenvalue weighted by atomic mass is 10.3. The van der Waals surface area contributed by atoms with Gasteiger partial charge in [-0.3, -0.25) is 0 Å². The molecule has 1 aromatic heterocycles. The molecule has 0 spiro atoms. The van der Waals surface area contributed by atoms with Crippen molar-refractivity contribution in [3.8, 4) is 0 Å². The molecule has 0 amide bonds. The van der Waals surface area contributed by atoms with Crippen molar-refractivity contribution < 1.29 is 0 Å². The van der Waals surface area contributed by atoms with Gasteiger partial charge in [0.1, 0.15) is 0 Å². The van der Waals surface area contributed by atoms with E-state index >= 15 is 0 Å². The molecule has 1 aromatic carbocycles. The zero-order chi connectivity index (χ0) is 12.3. The Kier molecular flexibility index (Phi) is 4.51. The monoisotopic (exact) mass is 283 g/mol. The highest BCUT2D eigenvalue weighted by Gasteiger charge is 2.08. The molecule has 4 heteroatoms. The van der Waals surface area contributed by atoms with Gasteiger partial charge in [0, 0.05) is 31.5 Å². The van der Waals surface area contributed by atoms with Gasteiger partial charge in [-0.1, -0.05) is 17.7 Å². The van der Waals surface area contributed by atoms with E-state index in [0.717, 1.165) is 10.8 Å². The maximum atomic E-state index is 6.15. The molecular weight excluding hydrogens is 270 g/mol. The zero-order valence-corrected chi connectivity index (χ0v) is 11.9. The van der Waals surface area contributed by atoms with Gasteiger partial charge in [0.25, 0.3) is 0 Å². The van der Waals surface area contributed by atoms with Crippen LogP contribution in [0.2, 0.25) is 5.02 Å².